The van der Waals surface area contributed by atoms with Crippen LogP contribution in [-0.4, -0.2) is 11.0 Å². The van der Waals surface area contributed by atoms with Crippen LogP contribution in [0.15, 0.2) is 48.8 Å². The average Bonchev–Trinajstić information content (AvgIpc) is 2.30. The van der Waals surface area contributed by atoms with E-state index in [1.807, 2.05) is 48.8 Å². The van der Waals surface area contributed by atoms with Crippen LogP contribution in [0.1, 0.15) is 11.1 Å². The smallest absolute Gasteiger partial charge is 0.167 e. The summed E-state index contributed by atoms with van der Waals surface area (Å²) in [7, 11) is 0. The lowest BCUT2D eigenvalue weighted by molar-refractivity contribution is -0.378. The summed E-state index contributed by atoms with van der Waals surface area (Å²) in [5.41, 5.74) is 2.32. The average molecular weight is 288 g/mol. The number of rotatable bonds is 2. The van der Waals surface area contributed by atoms with E-state index in [-0.39, 0.29) is 23.4 Å². The van der Waals surface area contributed by atoms with Gasteiger partial charge in [0, 0.05) is 17.2 Å². The first kappa shape index (κ1) is 19.0. The minimum atomic E-state index is 0. The monoisotopic (exact) mass is 287 g/mol. The van der Waals surface area contributed by atoms with Crippen molar-refractivity contribution < 1.29 is 28.3 Å². The van der Waals surface area contributed by atoms with Crippen LogP contribution >= 0.6 is 11.6 Å². The summed E-state index contributed by atoms with van der Waals surface area (Å²) in [5, 5.41) is 0.765. The maximum Gasteiger partial charge on any atom is 0.167 e. The Morgan fingerprint density at radius 2 is 1.22 bits per heavy atom. The molecule has 0 fully saturated rings. The van der Waals surface area contributed by atoms with Crippen LogP contribution in [0.25, 0.3) is 12.2 Å². The molecule has 0 saturated heterocycles. The molecular formula is C13H15Cl2NO2. The summed E-state index contributed by atoms with van der Waals surface area (Å²) in [4.78, 5) is 2.99. The molecule has 0 amide bonds. The van der Waals surface area contributed by atoms with Crippen LogP contribution in [0.4, 0.5) is 0 Å². The van der Waals surface area contributed by atoms with Gasteiger partial charge in [0.25, 0.3) is 0 Å². The number of H-pyrrole nitrogens is 1. The first-order chi connectivity index (χ1) is 7.34. The van der Waals surface area contributed by atoms with Gasteiger partial charge < -0.3 is 23.4 Å². The van der Waals surface area contributed by atoms with E-state index in [0.29, 0.717) is 0 Å². The van der Waals surface area contributed by atoms with E-state index in [2.05, 4.69) is 17.1 Å². The van der Waals surface area contributed by atoms with Crippen molar-refractivity contribution in [2.75, 3.05) is 0 Å². The molecule has 0 bridgehead atoms. The molecule has 0 spiro atoms. The maximum atomic E-state index is 5.80. The van der Waals surface area contributed by atoms with Gasteiger partial charge in [0.15, 0.2) is 12.4 Å². The number of hydrogen-bond acceptors (Lipinski definition) is 0. The lowest BCUT2D eigenvalue weighted by Crippen LogP contribution is -3.00. The number of aromatic amines is 1. The molecule has 18 heavy (non-hydrogen) atoms. The highest BCUT2D eigenvalue weighted by atomic mass is 35.5. The summed E-state index contributed by atoms with van der Waals surface area (Å²) in [6.45, 7) is 0. The van der Waals surface area contributed by atoms with Crippen molar-refractivity contribution in [3.8, 4) is 0 Å². The second-order valence-corrected chi connectivity index (χ2v) is 3.65. The van der Waals surface area contributed by atoms with Crippen LogP contribution in [0.5, 0.6) is 0 Å². The van der Waals surface area contributed by atoms with E-state index in [1.54, 1.807) is 0 Å². The van der Waals surface area contributed by atoms with Gasteiger partial charge in [-0.2, -0.15) is 0 Å². The van der Waals surface area contributed by atoms with Gasteiger partial charge in [0.2, 0.25) is 0 Å². The lowest BCUT2D eigenvalue weighted by Gasteiger charge is -1.93. The minimum Gasteiger partial charge on any atom is -1.00 e. The van der Waals surface area contributed by atoms with Crippen molar-refractivity contribution in [3.05, 3.63) is 64.9 Å². The van der Waals surface area contributed by atoms with Gasteiger partial charge in [0.1, 0.15) is 0 Å². The fourth-order valence-corrected chi connectivity index (χ4v) is 1.40. The Hall–Kier alpha value is -1.39. The Morgan fingerprint density at radius 3 is 1.72 bits per heavy atom. The molecule has 0 aliphatic carbocycles. The quantitative estimate of drug-likeness (QED) is 0.657. The second-order valence-electron chi connectivity index (χ2n) is 3.22. The number of nitrogens with one attached hydrogen (secondary N) is 1. The van der Waals surface area contributed by atoms with Crippen LogP contribution in [0, 0.1) is 0 Å². The van der Waals surface area contributed by atoms with E-state index in [9.17, 15) is 0 Å². The molecule has 1 heterocycles. The third kappa shape index (κ3) is 5.80. The summed E-state index contributed by atoms with van der Waals surface area (Å²) >= 11 is 5.80. The Balaban J connectivity index is 0. The molecule has 0 radical (unpaired) electrons. The van der Waals surface area contributed by atoms with Gasteiger partial charge in [-0.05, 0) is 23.3 Å². The van der Waals surface area contributed by atoms with Gasteiger partial charge in [-0.3, -0.25) is 0 Å². The second kappa shape index (κ2) is 9.62. The van der Waals surface area contributed by atoms with Crippen molar-refractivity contribution >= 4 is 23.8 Å². The third-order valence-electron chi connectivity index (χ3n) is 2.08. The normalized spacial score (nSPS) is 8.94. The van der Waals surface area contributed by atoms with Crippen LogP contribution in [0.2, 0.25) is 5.02 Å². The van der Waals surface area contributed by atoms with Gasteiger partial charge in [-0.25, -0.2) is 4.98 Å². The number of aromatic nitrogens is 1. The summed E-state index contributed by atoms with van der Waals surface area (Å²) in [6.07, 6.45) is 7.94. The van der Waals surface area contributed by atoms with Gasteiger partial charge >= 0.3 is 0 Å². The zero-order valence-corrected chi connectivity index (χ0v) is 11.0. The van der Waals surface area contributed by atoms with Crippen LogP contribution in [0.3, 0.4) is 0 Å². The number of halogens is 2. The van der Waals surface area contributed by atoms with Gasteiger partial charge in [-0.15, -0.1) is 0 Å². The Labute approximate surface area is 117 Å². The molecule has 3 nitrogen and oxygen atoms in total. The number of benzene rings is 1. The highest BCUT2D eigenvalue weighted by molar-refractivity contribution is 6.30. The molecule has 0 unspecified atom stereocenters. The highest BCUT2D eigenvalue weighted by Crippen LogP contribution is 2.12. The first-order valence-electron chi connectivity index (χ1n) is 4.74. The van der Waals surface area contributed by atoms with Gasteiger partial charge in [0.05, 0.1) is 0 Å². The molecule has 5 heteroatoms. The Morgan fingerprint density at radius 1 is 0.778 bits per heavy atom. The molecule has 2 aromatic rings. The third-order valence-corrected chi connectivity index (χ3v) is 2.33. The minimum absolute atomic E-state index is 0. The predicted octanol–water partition coefficient (Wildman–Crippen LogP) is -1.32. The van der Waals surface area contributed by atoms with E-state index >= 15 is 0 Å². The van der Waals surface area contributed by atoms with E-state index in [0.717, 1.165) is 10.6 Å². The summed E-state index contributed by atoms with van der Waals surface area (Å²) in [6, 6.07) is 11.8. The zero-order chi connectivity index (χ0) is 10.5. The van der Waals surface area contributed by atoms with Crippen LogP contribution in [-0.2, 0) is 0 Å². The largest absolute Gasteiger partial charge is 1.00 e. The molecule has 5 N–H and O–H groups in total. The lowest BCUT2D eigenvalue weighted by atomic mass is 10.1. The molecular weight excluding hydrogens is 273 g/mol. The number of hydrogen-bond donors (Lipinski definition) is 0. The van der Waals surface area contributed by atoms with E-state index in [1.165, 1.54) is 5.56 Å². The standard InChI is InChI=1S/C13H10ClN.ClH.2H2O/c14-13-5-3-11(4-6-13)1-2-12-7-9-15-10-8-12;;;/h1-10H;1H;2*1H2/b2-1+;;;. The Bertz CT molecular complexity index is 458. The topological polar surface area (TPSA) is 77.1 Å². The highest BCUT2D eigenvalue weighted by Gasteiger charge is 1.89. The van der Waals surface area contributed by atoms with E-state index < -0.39 is 0 Å². The number of pyridine rings is 1. The van der Waals surface area contributed by atoms with Crippen molar-refractivity contribution in [1.29, 1.82) is 0 Å². The maximum absolute atomic E-state index is 5.80. The summed E-state index contributed by atoms with van der Waals surface area (Å²) in [5.74, 6) is 0. The fourth-order valence-electron chi connectivity index (χ4n) is 1.28. The van der Waals surface area contributed by atoms with Gasteiger partial charge in [-0.1, -0.05) is 35.9 Å². The molecule has 0 saturated carbocycles. The van der Waals surface area contributed by atoms with E-state index in [4.69, 9.17) is 11.6 Å². The van der Waals surface area contributed by atoms with Crippen molar-refractivity contribution in [3.63, 3.8) is 0 Å². The molecule has 0 aliphatic rings. The SMILES string of the molecule is Clc1ccc(/C=C/c2cc[nH+]cc2)cc1.O.O.[Cl-]. The molecule has 2 rings (SSSR count). The van der Waals surface area contributed by atoms with Crippen molar-refractivity contribution in [2.45, 2.75) is 0 Å². The fraction of sp³-hybridized carbons (Fsp3) is 0. The van der Waals surface area contributed by atoms with Crippen molar-refractivity contribution in [2.24, 2.45) is 0 Å². The van der Waals surface area contributed by atoms with Crippen molar-refractivity contribution in [1.82, 2.24) is 0 Å². The molecule has 1 aromatic heterocycles. The molecule has 1 aromatic carbocycles. The summed E-state index contributed by atoms with van der Waals surface area (Å²) < 4.78 is 0. The molecule has 0 atom stereocenters. The predicted molar refractivity (Wildman–Crippen MR) is 70.6 cm³/mol. The molecule has 0 aliphatic heterocycles. The van der Waals surface area contributed by atoms with Crippen LogP contribution < -0.4 is 17.4 Å². The zero-order valence-electron chi connectivity index (χ0n) is 9.53. The Kier molecular flexibility index (Phi) is 10.1. The first-order valence-corrected chi connectivity index (χ1v) is 5.12. The molecule has 98 valence electrons.